The number of carbonyl (C=O) groups excluding carboxylic acids is 1. The second-order valence-electron chi connectivity index (χ2n) is 6.16. The molecule has 0 saturated heterocycles. The fourth-order valence-corrected chi connectivity index (χ4v) is 3.75. The molecule has 0 unspecified atom stereocenters. The lowest BCUT2D eigenvalue weighted by molar-refractivity contribution is 0.0853. The van der Waals surface area contributed by atoms with E-state index in [1.165, 1.54) is 0 Å². The van der Waals surface area contributed by atoms with E-state index in [9.17, 15) is 4.79 Å². The normalized spacial score (nSPS) is 25.6. The molecule has 116 valence electrons. The first kappa shape index (κ1) is 14.1. The van der Waals surface area contributed by atoms with Gasteiger partial charge in [-0.25, -0.2) is 0 Å². The van der Waals surface area contributed by atoms with E-state index in [1.54, 1.807) is 7.11 Å². The van der Waals surface area contributed by atoms with Crippen molar-refractivity contribution in [2.75, 3.05) is 13.7 Å². The Hall–Kier alpha value is -2.49. The highest BCUT2D eigenvalue weighted by Crippen LogP contribution is 2.45. The smallest absolute Gasteiger partial charge is 0.193 e. The van der Waals surface area contributed by atoms with E-state index < -0.39 is 5.54 Å². The largest absolute Gasteiger partial charge is 0.497 e. The van der Waals surface area contributed by atoms with Crippen LogP contribution in [0.3, 0.4) is 0 Å². The van der Waals surface area contributed by atoms with Crippen molar-refractivity contribution in [2.45, 2.75) is 24.3 Å². The van der Waals surface area contributed by atoms with Crippen LogP contribution in [0.15, 0.2) is 58.8 Å². The zero-order valence-electron chi connectivity index (χ0n) is 13.0. The molecule has 1 aliphatic carbocycles. The van der Waals surface area contributed by atoms with Gasteiger partial charge in [0.25, 0.3) is 0 Å². The number of ketones is 1. The van der Waals surface area contributed by atoms with Crippen molar-refractivity contribution in [3.05, 3.63) is 65.2 Å². The maximum atomic E-state index is 13.2. The minimum absolute atomic E-state index is 0.00858. The molecule has 4 heteroatoms. The lowest BCUT2D eigenvalue weighted by Gasteiger charge is -2.34. The molecule has 1 heterocycles. The van der Waals surface area contributed by atoms with Crippen molar-refractivity contribution in [2.24, 2.45) is 10.2 Å². The number of Topliss-reactive ketones (excluding diaryl/α,β-unsaturated/α-hetero) is 1. The van der Waals surface area contributed by atoms with Gasteiger partial charge in [0.2, 0.25) is 0 Å². The monoisotopic (exact) mass is 306 g/mol. The predicted molar refractivity (Wildman–Crippen MR) is 87.3 cm³/mol. The minimum Gasteiger partial charge on any atom is -0.497 e. The summed E-state index contributed by atoms with van der Waals surface area (Å²) < 4.78 is 5.22. The number of azo groups is 1. The fourth-order valence-electron chi connectivity index (χ4n) is 3.75. The van der Waals surface area contributed by atoms with E-state index in [1.807, 2.05) is 48.5 Å². The van der Waals surface area contributed by atoms with Crippen molar-refractivity contribution < 1.29 is 9.53 Å². The Bertz CT molecular complexity index is 782. The number of hydrogen-bond acceptors (Lipinski definition) is 4. The maximum Gasteiger partial charge on any atom is 0.193 e. The van der Waals surface area contributed by atoms with Crippen molar-refractivity contribution in [1.29, 1.82) is 0 Å². The van der Waals surface area contributed by atoms with Crippen LogP contribution in [-0.4, -0.2) is 25.0 Å². The average molecular weight is 306 g/mol. The number of fused-ring (bicyclic) bond motifs is 1. The van der Waals surface area contributed by atoms with Gasteiger partial charge in [-0.3, -0.25) is 4.79 Å². The average Bonchev–Trinajstić information content (AvgIpc) is 3.03. The fraction of sp³-hybridized carbons (Fsp3) is 0.316. The lowest BCUT2D eigenvalue weighted by Crippen LogP contribution is -2.44. The van der Waals surface area contributed by atoms with Crippen LogP contribution in [0.2, 0.25) is 0 Å². The van der Waals surface area contributed by atoms with Crippen molar-refractivity contribution >= 4 is 5.78 Å². The van der Waals surface area contributed by atoms with E-state index in [2.05, 4.69) is 10.2 Å². The summed E-state index contributed by atoms with van der Waals surface area (Å²) in [6.45, 7) is 0.570. The first-order chi connectivity index (χ1) is 11.2. The zero-order valence-corrected chi connectivity index (χ0v) is 13.0. The Kier molecular flexibility index (Phi) is 3.26. The first-order valence-corrected chi connectivity index (χ1v) is 7.90. The van der Waals surface area contributed by atoms with Gasteiger partial charge in [0.05, 0.1) is 13.7 Å². The lowest BCUT2D eigenvalue weighted by atomic mass is 9.68. The standard InChI is InChI=1S/C19H18N2O2/c1-23-15-8-6-14(7-9-15)17-12-20-21-19(17)11-10-13-4-2-3-5-16(13)18(19)22/h2-9,17H,10-12H2,1H3/t17-,19+/m1/s1. The highest BCUT2D eigenvalue weighted by molar-refractivity contribution is 6.06. The molecule has 2 atom stereocenters. The predicted octanol–water partition coefficient (Wildman–Crippen LogP) is 3.81. The van der Waals surface area contributed by atoms with E-state index in [0.29, 0.717) is 6.54 Å². The Labute approximate surface area is 135 Å². The van der Waals surface area contributed by atoms with E-state index in [-0.39, 0.29) is 11.7 Å². The summed E-state index contributed by atoms with van der Waals surface area (Å²) in [5, 5.41) is 8.71. The van der Waals surface area contributed by atoms with Gasteiger partial charge in [-0.15, -0.1) is 0 Å². The molecule has 4 nitrogen and oxygen atoms in total. The number of hydrogen-bond donors (Lipinski definition) is 0. The molecular formula is C19H18N2O2. The van der Waals surface area contributed by atoms with Crippen LogP contribution < -0.4 is 4.74 Å². The van der Waals surface area contributed by atoms with Gasteiger partial charge in [-0.05, 0) is 36.1 Å². The van der Waals surface area contributed by atoms with Crippen molar-refractivity contribution in [3.8, 4) is 5.75 Å². The molecule has 0 bridgehead atoms. The molecule has 4 rings (SSSR count). The second-order valence-corrected chi connectivity index (χ2v) is 6.16. The number of aryl methyl sites for hydroxylation is 1. The van der Waals surface area contributed by atoms with Crippen LogP contribution in [0.1, 0.15) is 33.8 Å². The molecule has 0 saturated carbocycles. The van der Waals surface area contributed by atoms with E-state index >= 15 is 0 Å². The molecule has 0 fully saturated rings. The van der Waals surface area contributed by atoms with Gasteiger partial charge < -0.3 is 4.74 Å². The third-order valence-electron chi connectivity index (χ3n) is 5.04. The van der Waals surface area contributed by atoms with Gasteiger partial charge in [0, 0.05) is 11.5 Å². The third-order valence-corrected chi connectivity index (χ3v) is 5.04. The highest BCUT2D eigenvalue weighted by atomic mass is 16.5. The van der Waals surface area contributed by atoms with Crippen LogP contribution in [0.4, 0.5) is 0 Å². The summed E-state index contributed by atoms with van der Waals surface area (Å²) in [5.74, 6) is 0.936. The Morgan fingerprint density at radius 1 is 1.13 bits per heavy atom. The zero-order chi connectivity index (χ0) is 15.9. The van der Waals surface area contributed by atoms with Gasteiger partial charge in [0.1, 0.15) is 5.75 Å². The third kappa shape index (κ3) is 2.09. The van der Waals surface area contributed by atoms with Crippen LogP contribution in [0.25, 0.3) is 0 Å². The summed E-state index contributed by atoms with van der Waals surface area (Å²) in [7, 11) is 1.65. The number of methoxy groups -OCH3 is 1. The molecule has 2 aromatic carbocycles. The number of carbonyl (C=O) groups is 1. The molecule has 0 N–H and O–H groups in total. The van der Waals surface area contributed by atoms with Gasteiger partial charge in [-0.1, -0.05) is 36.4 Å². The molecule has 1 spiro atoms. The van der Waals surface area contributed by atoms with Crippen LogP contribution in [0.5, 0.6) is 5.75 Å². The Morgan fingerprint density at radius 3 is 2.70 bits per heavy atom. The number of rotatable bonds is 2. The highest BCUT2D eigenvalue weighted by Gasteiger charge is 2.52. The number of ether oxygens (including phenoxy) is 1. The molecular weight excluding hydrogens is 288 g/mol. The SMILES string of the molecule is COc1ccc([C@H]2CN=N[C@@]23CCc2ccccc2C3=O)cc1. The van der Waals surface area contributed by atoms with E-state index in [4.69, 9.17) is 4.74 Å². The van der Waals surface area contributed by atoms with Gasteiger partial charge in [-0.2, -0.15) is 10.2 Å². The van der Waals surface area contributed by atoms with Gasteiger partial charge >= 0.3 is 0 Å². The first-order valence-electron chi connectivity index (χ1n) is 7.90. The summed E-state index contributed by atoms with van der Waals surface area (Å²) >= 11 is 0. The Morgan fingerprint density at radius 2 is 1.91 bits per heavy atom. The summed E-state index contributed by atoms with van der Waals surface area (Å²) in [4.78, 5) is 13.2. The molecule has 23 heavy (non-hydrogen) atoms. The quantitative estimate of drug-likeness (QED) is 0.847. The molecule has 2 aromatic rings. The molecule has 0 radical (unpaired) electrons. The molecule has 1 aliphatic heterocycles. The van der Waals surface area contributed by atoms with Crippen LogP contribution in [0, 0.1) is 0 Å². The minimum atomic E-state index is -0.733. The van der Waals surface area contributed by atoms with Crippen LogP contribution in [-0.2, 0) is 6.42 Å². The van der Waals surface area contributed by atoms with E-state index in [0.717, 1.165) is 35.3 Å². The summed E-state index contributed by atoms with van der Waals surface area (Å²) in [6, 6.07) is 15.8. The maximum absolute atomic E-state index is 13.2. The molecule has 0 aromatic heterocycles. The van der Waals surface area contributed by atoms with Crippen molar-refractivity contribution in [3.63, 3.8) is 0 Å². The number of benzene rings is 2. The number of nitrogens with zero attached hydrogens (tertiary/aromatic N) is 2. The molecule has 0 amide bonds. The van der Waals surface area contributed by atoms with Crippen molar-refractivity contribution in [1.82, 2.24) is 0 Å². The Balaban J connectivity index is 1.74. The van der Waals surface area contributed by atoms with Gasteiger partial charge in [0.15, 0.2) is 11.3 Å². The summed E-state index contributed by atoms with van der Waals surface area (Å²) in [5.41, 5.74) is 2.29. The second kappa shape index (κ2) is 5.30. The summed E-state index contributed by atoms with van der Waals surface area (Å²) in [6.07, 6.45) is 1.59. The topological polar surface area (TPSA) is 51.0 Å². The molecule has 2 aliphatic rings. The van der Waals surface area contributed by atoms with Crippen LogP contribution >= 0.6 is 0 Å².